The summed E-state index contributed by atoms with van der Waals surface area (Å²) in [5.74, 6) is -1.79. The normalized spacial score (nSPS) is 20.0. The molecule has 0 aliphatic carbocycles. The number of benzene rings is 2. The maximum Gasteiger partial charge on any atom is 0.255 e. The first-order chi connectivity index (χ1) is 13.0. The van der Waals surface area contributed by atoms with E-state index in [1.54, 1.807) is 24.3 Å². The molecule has 2 atom stereocenters. The highest BCUT2D eigenvalue weighted by molar-refractivity contribution is 6.01. The molecule has 6 heteroatoms. The molecule has 1 saturated heterocycles. The number of likely N-dealkylation sites (tertiary alicyclic amines) is 1. The van der Waals surface area contributed by atoms with E-state index in [2.05, 4.69) is 5.32 Å². The largest absolute Gasteiger partial charge is 0.350 e. The molecule has 1 N–H and O–H groups in total. The molecule has 0 unspecified atom stereocenters. The Labute approximate surface area is 157 Å². The number of Topliss-reactive ketones (excluding diaryl/α,β-unsaturated/α-hetero) is 1. The lowest BCUT2D eigenvalue weighted by Gasteiger charge is -2.17. The number of halogens is 2. The van der Waals surface area contributed by atoms with E-state index < -0.39 is 30.7 Å². The SMILES string of the molecule is O=C(NCC(F)F)[C@H]1CN(Cc2ccccc2)C[C@@H]1C(=O)c1ccccc1. The Balaban J connectivity index is 1.76. The van der Waals surface area contributed by atoms with Crippen LogP contribution in [-0.4, -0.2) is 42.7 Å². The number of hydrogen-bond acceptors (Lipinski definition) is 3. The Morgan fingerprint density at radius 1 is 0.963 bits per heavy atom. The topological polar surface area (TPSA) is 49.4 Å². The van der Waals surface area contributed by atoms with E-state index in [1.807, 2.05) is 41.3 Å². The molecular formula is C21H22F2N2O2. The molecule has 1 amide bonds. The Bertz CT molecular complexity index is 768. The van der Waals surface area contributed by atoms with Gasteiger partial charge in [-0.25, -0.2) is 8.78 Å². The summed E-state index contributed by atoms with van der Waals surface area (Å²) in [6.07, 6.45) is -2.61. The number of nitrogens with zero attached hydrogens (tertiary/aromatic N) is 1. The maximum atomic E-state index is 12.9. The highest BCUT2D eigenvalue weighted by Gasteiger charge is 2.41. The number of carbonyl (C=O) groups is 2. The van der Waals surface area contributed by atoms with Crippen LogP contribution in [0.4, 0.5) is 8.78 Å². The molecule has 1 heterocycles. The van der Waals surface area contributed by atoms with Crippen molar-refractivity contribution >= 4 is 11.7 Å². The molecule has 1 aliphatic rings. The fraction of sp³-hybridized carbons (Fsp3) is 0.333. The minimum atomic E-state index is -2.61. The molecule has 0 bridgehead atoms. The number of rotatable bonds is 7. The first kappa shape index (κ1) is 19.2. The third-order valence-corrected chi connectivity index (χ3v) is 4.81. The summed E-state index contributed by atoms with van der Waals surface area (Å²) in [7, 11) is 0. The summed E-state index contributed by atoms with van der Waals surface area (Å²) in [5, 5.41) is 2.28. The highest BCUT2D eigenvalue weighted by Crippen LogP contribution is 2.28. The van der Waals surface area contributed by atoms with Crippen LogP contribution in [0.3, 0.4) is 0 Å². The zero-order valence-electron chi connectivity index (χ0n) is 14.9. The van der Waals surface area contributed by atoms with Gasteiger partial charge in [-0.05, 0) is 5.56 Å². The van der Waals surface area contributed by atoms with Crippen molar-refractivity contribution in [3.05, 3.63) is 71.8 Å². The van der Waals surface area contributed by atoms with Gasteiger partial charge in [0.05, 0.1) is 12.5 Å². The Morgan fingerprint density at radius 2 is 1.56 bits per heavy atom. The van der Waals surface area contributed by atoms with E-state index in [-0.39, 0.29) is 5.78 Å². The Kier molecular flexibility index (Phi) is 6.29. The van der Waals surface area contributed by atoms with Crippen molar-refractivity contribution in [1.82, 2.24) is 10.2 Å². The van der Waals surface area contributed by atoms with Gasteiger partial charge in [0.15, 0.2) is 5.78 Å². The van der Waals surface area contributed by atoms with E-state index in [4.69, 9.17) is 0 Å². The van der Waals surface area contributed by atoms with Crippen LogP contribution in [0, 0.1) is 11.8 Å². The Hall–Kier alpha value is -2.60. The summed E-state index contributed by atoms with van der Waals surface area (Å²) in [5.41, 5.74) is 1.62. The van der Waals surface area contributed by atoms with Crippen LogP contribution in [0.15, 0.2) is 60.7 Å². The number of alkyl halides is 2. The highest BCUT2D eigenvalue weighted by atomic mass is 19.3. The van der Waals surface area contributed by atoms with Gasteiger partial charge in [-0.2, -0.15) is 0 Å². The maximum absolute atomic E-state index is 12.9. The van der Waals surface area contributed by atoms with Crippen molar-refractivity contribution in [2.45, 2.75) is 13.0 Å². The molecule has 3 rings (SSSR count). The van der Waals surface area contributed by atoms with E-state index in [9.17, 15) is 18.4 Å². The number of nitrogens with one attached hydrogen (secondary N) is 1. The summed E-state index contributed by atoms with van der Waals surface area (Å²) in [6, 6.07) is 18.6. The summed E-state index contributed by atoms with van der Waals surface area (Å²) in [6.45, 7) is 0.709. The number of amides is 1. The van der Waals surface area contributed by atoms with Crippen LogP contribution < -0.4 is 5.32 Å². The minimum absolute atomic E-state index is 0.122. The van der Waals surface area contributed by atoms with Crippen LogP contribution in [0.25, 0.3) is 0 Å². The van der Waals surface area contributed by atoms with E-state index in [1.165, 1.54) is 0 Å². The summed E-state index contributed by atoms with van der Waals surface area (Å²) >= 11 is 0. The molecular weight excluding hydrogens is 350 g/mol. The molecule has 0 radical (unpaired) electrons. The second-order valence-corrected chi connectivity index (χ2v) is 6.76. The predicted molar refractivity (Wildman–Crippen MR) is 98.5 cm³/mol. The van der Waals surface area contributed by atoms with Gasteiger partial charge in [-0.3, -0.25) is 14.5 Å². The molecule has 142 valence electrons. The molecule has 2 aromatic rings. The van der Waals surface area contributed by atoms with Crippen molar-refractivity contribution in [3.8, 4) is 0 Å². The zero-order valence-corrected chi connectivity index (χ0v) is 14.9. The zero-order chi connectivity index (χ0) is 19.2. The second kappa shape index (κ2) is 8.86. The van der Waals surface area contributed by atoms with E-state index >= 15 is 0 Å². The molecule has 1 aliphatic heterocycles. The van der Waals surface area contributed by atoms with Crippen molar-refractivity contribution in [2.24, 2.45) is 11.8 Å². The van der Waals surface area contributed by atoms with Crippen LogP contribution in [0.2, 0.25) is 0 Å². The van der Waals surface area contributed by atoms with Gasteiger partial charge in [0, 0.05) is 31.1 Å². The average Bonchev–Trinajstić information content (AvgIpc) is 3.10. The lowest BCUT2D eigenvalue weighted by atomic mass is 9.88. The predicted octanol–water partition coefficient (Wildman–Crippen LogP) is 3.00. The third-order valence-electron chi connectivity index (χ3n) is 4.81. The molecule has 27 heavy (non-hydrogen) atoms. The Morgan fingerprint density at radius 3 is 2.19 bits per heavy atom. The summed E-state index contributed by atoms with van der Waals surface area (Å²) in [4.78, 5) is 27.4. The smallest absolute Gasteiger partial charge is 0.255 e. The van der Waals surface area contributed by atoms with Gasteiger partial charge < -0.3 is 5.32 Å². The molecule has 0 aromatic heterocycles. The number of carbonyl (C=O) groups excluding carboxylic acids is 2. The fourth-order valence-electron chi connectivity index (χ4n) is 3.51. The van der Waals surface area contributed by atoms with Gasteiger partial charge in [-0.1, -0.05) is 60.7 Å². The van der Waals surface area contributed by atoms with Crippen molar-refractivity contribution in [1.29, 1.82) is 0 Å². The average molecular weight is 372 g/mol. The van der Waals surface area contributed by atoms with Crippen LogP contribution in [0.1, 0.15) is 15.9 Å². The molecule has 0 saturated carbocycles. The number of ketones is 1. The first-order valence-corrected chi connectivity index (χ1v) is 8.96. The first-order valence-electron chi connectivity index (χ1n) is 8.96. The van der Waals surface area contributed by atoms with Gasteiger partial charge in [0.2, 0.25) is 5.91 Å². The van der Waals surface area contributed by atoms with Crippen LogP contribution >= 0.6 is 0 Å². The fourth-order valence-corrected chi connectivity index (χ4v) is 3.51. The van der Waals surface area contributed by atoms with Crippen molar-refractivity contribution in [2.75, 3.05) is 19.6 Å². The van der Waals surface area contributed by atoms with Gasteiger partial charge >= 0.3 is 0 Å². The molecule has 2 aromatic carbocycles. The molecule has 0 spiro atoms. The van der Waals surface area contributed by atoms with Gasteiger partial charge in [0.25, 0.3) is 6.43 Å². The van der Waals surface area contributed by atoms with Gasteiger partial charge in [0.1, 0.15) is 0 Å². The van der Waals surface area contributed by atoms with Crippen molar-refractivity contribution in [3.63, 3.8) is 0 Å². The van der Waals surface area contributed by atoms with Crippen LogP contribution in [-0.2, 0) is 11.3 Å². The minimum Gasteiger partial charge on any atom is -0.350 e. The standard InChI is InChI=1S/C21H22F2N2O2/c22-19(23)11-24-21(27)18-14-25(12-15-7-3-1-4-8-15)13-17(18)20(26)16-9-5-2-6-10-16/h1-10,17-19H,11-14H2,(H,24,27)/t17-,18-/m0/s1. The third kappa shape index (κ3) is 4.98. The monoisotopic (exact) mass is 372 g/mol. The lowest BCUT2D eigenvalue weighted by Crippen LogP contribution is -2.39. The molecule has 1 fully saturated rings. The van der Waals surface area contributed by atoms with E-state index in [0.29, 0.717) is 25.2 Å². The quantitative estimate of drug-likeness (QED) is 0.760. The molecule has 4 nitrogen and oxygen atoms in total. The van der Waals surface area contributed by atoms with Crippen LogP contribution in [0.5, 0.6) is 0 Å². The van der Waals surface area contributed by atoms with Gasteiger partial charge in [-0.15, -0.1) is 0 Å². The van der Waals surface area contributed by atoms with Crippen molar-refractivity contribution < 1.29 is 18.4 Å². The van der Waals surface area contributed by atoms with E-state index in [0.717, 1.165) is 5.56 Å². The summed E-state index contributed by atoms with van der Waals surface area (Å²) < 4.78 is 24.9. The number of hydrogen-bond donors (Lipinski definition) is 1. The lowest BCUT2D eigenvalue weighted by molar-refractivity contribution is -0.126. The second-order valence-electron chi connectivity index (χ2n) is 6.76.